The third-order valence-electron chi connectivity index (χ3n) is 2.77. The normalized spacial score (nSPS) is 10.2. The average molecular weight is 352 g/mol. The molecule has 0 bridgehead atoms. The minimum atomic E-state index is -0.405. The standard InChI is InChI=1S/C16H15BrFNO2/c17-13-5-3-4-12(10-13)11-16(20)19-8-9-21-15-7-2-1-6-14(15)18/h1-7,10H,8-9,11H2,(H,19,20). The lowest BCUT2D eigenvalue weighted by Crippen LogP contribution is -2.29. The number of benzene rings is 2. The van der Waals surface area contributed by atoms with Crippen LogP contribution in [0.2, 0.25) is 0 Å². The molecule has 0 aliphatic heterocycles. The summed E-state index contributed by atoms with van der Waals surface area (Å²) in [5, 5.41) is 2.74. The van der Waals surface area contributed by atoms with Crippen molar-refractivity contribution in [3.05, 3.63) is 64.4 Å². The van der Waals surface area contributed by atoms with E-state index in [2.05, 4.69) is 21.2 Å². The summed E-state index contributed by atoms with van der Waals surface area (Å²) in [4.78, 5) is 11.7. The predicted octanol–water partition coefficient (Wildman–Crippen LogP) is 3.33. The van der Waals surface area contributed by atoms with Crippen molar-refractivity contribution in [2.24, 2.45) is 0 Å². The lowest BCUT2D eigenvalue weighted by Gasteiger charge is -2.08. The molecule has 21 heavy (non-hydrogen) atoms. The first-order valence-corrected chi connectivity index (χ1v) is 7.33. The van der Waals surface area contributed by atoms with E-state index in [0.717, 1.165) is 10.0 Å². The van der Waals surface area contributed by atoms with Crippen LogP contribution in [0.5, 0.6) is 5.75 Å². The number of halogens is 2. The van der Waals surface area contributed by atoms with Gasteiger partial charge in [-0.1, -0.05) is 40.2 Å². The van der Waals surface area contributed by atoms with Gasteiger partial charge in [-0.2, -0.15) is 0 Å². The predicted molar refractivity (Wildman–Crippen MR) is 82.8 cm³/mol. The second-order valence-electron chi connectivity index (χ2n) is 4.44. The second-order valence-corrected chi connectivity index (χ2v) is 5.35. The molecule has 0 atom stereocenters. The SMILES string of the molecule is O=C(Cc1cccc(Br)c1)NCCOc1ccccc1F. The first kappa shape index (κ1) is 15.5. The van der Waals surface area contributed by atoms with Gasteiger partial charge in [0.15, 0.2) is 11.6 Å². The molecule has 110 valence electrons. The van der Waals surface area contributed by atoms with Gasteiger partial charge >= 0.3 is 0 Å². The number of nitrogens with one attached hydrogen (secondary N) is 1. The average Bonchev–Trinajstić information content (AvgIpc) is 2.45. The van der Waals surface area contributed by atoms with E-state index < -0.39 is 5.82 Å². The minimum Gasteiger partial charge on any atom is -0.489 e. The number of amides is 1. The zero-order valence-corrected chi connectivity index (χ0v) is 12.9. The molecule has 1 amide bonds. The first-order valence-electron chi connectivity index (χ1n) is 6.53. The van der Waals surface area contributed by atoms with E-state index in [1.54, 1.807) is 18.2 Å². The van der Waals surface area contributed by atoms with Crippen molar-refractivity contribution in [3.8, 4) is 5.75 Å². The van der Waals surface area contributed by atoms with Gasteiger partial charge in [0, 0.05) is 4.47 Å². The van der Waals surface area contributed by atoms with E-state index in [1.165, 1.54) is 6.07 Å². The van der Waals surface area contributed by atoms with Crippen molar-refractivity contribution in [2.75, 3.05) is 13.2 Å². The van der Waals surface area contributed by atoms with E-state index in [9.17, 15) is 9.18 Å². The van der Waals surface area contributed by atoms with E-state index in [4.69, 9.17) is 4.74 Å². The topological polar surface area (TPSA) is 38.3 Å². The Kier molecular flexibility index (Phi) is 5.75. The van der Waals surface area contributed by atoms with Crippen molar-refractivity contribution in [3.63, 3.8) is 0 Å². The number of ether oxygens (including phenoxy) is 1. The van der Waals surface area contributed by atoms with Gasteiger partial charge < -0.3 is 10.1 Å². The molecule has 0 spiro atoms. The van der Waals surface area contributed by atoms with Crippen molar-refractivity contribution in [1.82, 2.24) is 5.32 Å². The Labute approximate surface area is 131 Å². The smallest absolute Gasteiger partial charge is 0.224 e. The third-order valence-corrected chi connectivity index (χ3v) is 3.27. The summed E-state index contributed by atoms with van der Waals surface area (Å²) in [6.45, 7) is 0.562. The van der Waals surface area contributed by atoms with Crippen molar-refractivity contribution < 1.29 is 13.9 Å². The summed E-state index contributed by atoms with van der Waals surface area (Å²) in [5.74, 6) is -0.304. The van der Waals surface area contributed by atoms with E-state index >= 15 is 0 Å². The summed E-state index contributed by atoms with van der Waals surface area (Å²) in [6, 6.07) is 13.8. The maximum Gasteiger partial charge on any atom is 0.224 e. The van der Waals surface area contributed by atoms with Gasteiger partial charge in [-0.15, -0.1) is 0 Å². The number of hydrogen-bond acceptors (Lipinski definition) is 2. The molecule has 1 N–H and O–H groups in total. The number of carbonyl (C=O) groups is 1. The van der Waals surface area contributed by atoms with E-state index in [1.807, 2.05) is 24.3 Å². The highest BCUT2D eigenvalue weighted by Gasteiger charge is 2.04. The summed E-state index contributed by atoms with van der Waals surface area (Å²) in [7, 11) is 0. The molecule has 0 saturated carbocycles. The van der Waals surface area contributed by atoms with Gasteiger partial charge in [0.25, 0.3) is 0 Å². The molecule has 2 rings (SSSR count). The maximum absolute atomic E-state index is 13.3. The molecule has 5 heteroatoms. The molecule has 0 unspecified atom stereocenters. The van der Waals surface area contributed by atoms with Crippen molar-refractivity contribution >= 4 is 21.8 Å². The second kappa shape index (κ2) is 7.78. The Bertz CT molecular complexity index is 619. The van der Waals surface area contributed by atoms with Crippen LogP contribution in [-0.2, 0) is 11.2 Å². The molecule has 3 nitrogen and oxygen atoms in total. The molecule has 2 aromatic carbocycles. The summed E-state index contributed by atoms with van der Waals surface area (Å²) in [5.41, 5.74) is 0.928. The van der Waals surface area contributed by atoms with E-state index in [-0.39, 0.29) is 18.3 Å². The zero-order chi connectivity index (χ0) is 15.1. The molecule has 0 heterocycles. The lowest BCUT2D eigenvalue weighted by atomic mass is 10.1. The maximum atomic E-state index is 13.3. The molecular formula is C16H15BrFNO2. The molecule has 0 aromatic heterocycles. The molecule has 0 radical (unpaired) electrons. The van der Waals surface area contributed by atoms with Crippen LogP contribution in [0.25, 0.3) is 0 Å². The summed E-state index contributed by atoms with van der Waals surface area (Å²) in [6.07, 6.45) is 0.305. The summed E-state index contributed by atoms with van der Waals surface area (Å²) >= 11 is 3.36. The Morgan fingerprint density at radius 2 is 2.00 bits per heavy atom. The summed E-state index contributed by atoms with van der Waals surface area (Å²) < 4.78 is 19.5. The Morgan fingerprint density at radius 1 is 1.19 bits per heavy atom. The molecular weight excluding hydrogens is 337 g/mol. The van der Waals surface area contributed by atoms with Gasteiger partial charge in [0.1, 0.15) is 6.61 Å². The molecule has 0 fully saturated rings. The van der Waals surface area contributed by atoms with Crippen LogP contribution in [0.3, 0.4) is 0 Å². The van der Waals surface area contributed by atoms with E-state index in [0.29, 0.717) is 13.0 Å². The zero-order valence-electron chi connectivity index (χ0n) is 11.3. The Hall–Kier alpha value is -1.88. The van der Waals surface area contributed by atoms with Gasteiger partial charge in [0.05, 0.1) is 13.0 Å². The fraction of sp³-hybridized carbons (Fsp3) is 0.188. The lowest BCUT2D eigenvalue weighted by molar-refractivity contribution is -0.120. The number of hydrogen-bond donors (Lipinski definition) is 1. The van der Waals surface area contributed by atoms with Crippen LogP contribution in [0, 0.1) is 5.82 Å². The van der Waals surface area contributed by atoms with Crippen molar-refractivity contribution in [1.29, 1.82) is 0 Å². The number of para-hydroxylation sites is 1. The van der Waals surface area contributed by atoms with Gasteiger partial charge in [-0.25, -0.2) is 4.39 Å². The Balaban J connectivity index is 1.71. The first-order chi connectivity index (χ1) is 10.1. The van der Waals surface area contributed by atoms with Crippen LogP contribution in [0.1, 0.15) is 5.56 Å². The minimum absolute atomic E-state index is 0.0924. The molecule has 0 saturated heterocycles. The number of carbonyl (C=O) groups excluding carboxylic acids is 1. The van der Waals surface area contributed by atoms with Gasteiger partial charge in [-0.3, -0.25) is 4.79 Å². The largest absolute Gasteiger partial charge is 0.489 e. The van der Waals surface area contributed by atoms with Crippen LogP contribution < -0.4 is 10.1 Å². The third kappa shape index (κ3) is 5.19. The van der Waals surface area contributed by atoms with Gasteiger partial charge in [0.2, 0.25) is 5.91 Å². The van der Waals surface area contributed by atoms with Crippen LogP contribution in [0.4, 0.5) is 4.39 Å². The van der Waals surface area contributed by atoms with Crippen molar-refractivity contribution in [2.45, 2.75) is 6.42 Å². The molecule has 0 aliphatic rings. The fourth-order valence-electron chi connectivity index (χ4n) is 1.81. The van der Waals surface area contributed by atoms with Gasteiger partial charge in [-0.05, 0) is 29.8 Å². The fourth-order valence-corrected chi connectivity index (χ4v) is 2.25. The van der Waals surface area contributed by atoms with Crippen LogP contribution in [0.15, 0.2) is 53.0 Å². The molecule has 0 aliphatic carbocycles. The quantitative estimate of drug-likeness (QED) is 0.810. The van der Waals surface area contributed by atoms with Crippen LogP contribution in [-0.4, -0.2) is 19.1 Å². The molecule has 2 aromatic rings. The number of rotatable bonds is 6. The monoisotopic (exact) mass is 351 g/mol. The highest BCUT2D eigenvalue weighted by atomic mass is 79.9. The Morgan fingerprint density at radius 3 is 2.76 bits per heavy atom. The highest BCUT2D eigenvalue weighted by molar-refractivity contribution is 9.10. The highest BCUT2D eigenvalue weighted by Crippen LogP contribution is 2.15. The van der Waals surface area contributed by atoms with Crippen LogP contribution >= 0.6 is 15.9 Å².